The molecular weight excluding hydrogens is 319 g/mol. The molecule has 0 saturated heterocycles. The summed E-state index contributed by atoms with van der Waals surface area (Å²) in [5.41, 5.74) is 0.751. The minimum atomic E-state index is -3.49. The van der Waals surface area contributed by atoms with Gasteiger partial charge in [0.1, 0.15) is 5.82 Å². The Kier molecular flexibility index (Phi) is 5.12. The van der Waals surface area contributed by atoms with Crippen molar-refractivity contribution in [3.8, 4) is 0 Å². The van der Waals surface area contributed by atoms with Gasteiger partial charge in [-0.2, -0.15) is 0 Å². The van der Waals surface area contributed by atoms with Crippen molar-refractivity contribution in [2.45, 2.75) is 11.3 Å². The van der Waals surface area contributed by atoms with E-state index in [1.54, 1.807) is 18.2 Å². The van der Waals surface area contributed by atoms with Crippen LogP contribution >= 0.6 is 0 Å². The molecule has 0 saturated carbocycles. The fourth-order valence-electron chi connectivity index (χ4n) is 1.93. The van der Waals surface area contributed by atoms with Crippen LogP contribution in [-0.4, -0.2) is 32.7 Å². The molecule has 0 aromatic heterocycles. The fraction of sp³-hybridized carbons (Fsp3) is 0.188. The summed E-state index contributed by atoms with van der Waals surface area (Å²) in [4.78, 5) is 12.1. The van der Waals surface area contributed by atoms with Gasteiger partial charge < -0.3 is 5.32 Å². The molecule has 0 radical (unpaired) electrons. The zero-order valence-corrected chi connectivity index (χ0v) is 13.6. The van der Waals surface area contributed by atoms with Crippen LogP contribution in [0.5, 0.6) is 0 Å². The van der Waals surface area contributed by atoms with Gasteiger partial charge in [-0.15, -0.1) is 0 Å². The Morgan fingerprint density at radius 2 is 1.70 bits per heavy atom. The number of anilines is 1. The van der Waals surface area contributed by atoms with Crippen LogP contribution < -0.4 is 5.32 Å². The molecule has 5 nitrogen and oxygen atoms in total. The first-order valence-corrected chi connectivity index (χ1v) is 8.30. The van der Waals surface area contributed by atoms with E-state index in [1.807, 2.05) is 0 Å². The van der Waals surface area contributed by atoms with Crippen LogP contribution in [0.15, 0.2) is 53.4 Å². The van der Waals surface area contributed by atoms with Crippen molar-refractivity contribution in [2.75, 3.05) is 19.4 Å². The minimum absolute atomic E-state index is 0.0244. The van der Waals surface area contributed by atoms with E-state index in [-0.39, 0.29) is 22.9 Å². The first-order valence-electron chi connectivity index (χ1n) is 6.86. The number of sulfonamides is 1. The van der Waals surface area contributed by atoms with E-state index in [0.717, 1.165) is 4.31 Å². The van der Waals surface area contributed by atoms with Crippen LogP contribution in [-0.2, 0) is 21.2 Å². The Balaban J connectivity index is 2.07. The highest BCUT2D eigenvalue weighted by atomic mass is 32.2. The molecule has 7 heteroatoms. The van der Waals surface area contributed by atoms with Crippen LogP contribution in [0, 0.1) is 5.82 Å². The lowest BCUT2D eigenvalue weighted by Gasteiger charge is -2.11. The number of hydrogen-bond acceptors (Lipinski definition) is 3. The summed E-state index contributed by atoms with van der Waals surface area (Å²) in [6, 6.07) is 11.9. The van der Waals surface area contributed by atoms with Crippen LogP contribution in [0.2, 0.25) is 0 Å². The molecule has 0 aliphatic carbocycles. The van der Waals surface area contributed by atoms with Gasteiger partial charge >= 0.3 is 0 Å². The maximum atomic E-state index is 13.5. The third kappa shape index (κ3) is 4.14. The summed E-state index contributed by atoms with van der Waals surface area (Å²) in [5, 5.41) is 2.48. The minimum Gasteiger partial charge on any atom is -0.323 e. The number of carbonyl (C=O) groups is 1. The number of carbonyl (C=O) groups excluding carboxylic acids is 1. The van der Waals surface area contributed by atoms with Gasteiger partial charge in [0.2, 0.25) is 15.9 Å². The molecule has 0 fully saturated rings. The number of amides is 1. The predicted octanol–water partition coefficient (Wildman–Crippen LogP) is 2.26. The summed E-state index contributed by atoms with van der Waals surface area (Å²) >= 11 is 0. The first kappa shape index (κ1) is 17.1. The normalized spacial score (nSPS) is 11.5. The molecular formula is C16H17FN2O3S. The van der Waals surface area contributed by atoms with E-state index < -0.39 is 15.8 Å². The smallest absolute Gasteiger partial charge is 0.242 e. The second kappa shape index (κ2) is 6.89. The molecule has 0 aliphatic rings. The summed E-state index contributed by atoms with van der Waals surface area (Å²) in [7, 11) is -0.594. The van der Waals surface area contributed by atoms with E-state index in [9.17, 15) is 17.6 Å². The molecule has 0 bridgehead atoms. The highest BCUT2D eigenvalue weighted by Crippen LogP contribution is 2.16. The lowest BCUT2D eigenvalue weighted by atomic mass is 10.1. The standard InChI is InChI=1S/C16H17FN2O3S/c1-19(2)23(21,22)13-9-7-12(8-10-13)11-16(20)18-15-6-4-3-5-14(15)17/h3-10H,11H2,1-2H3,(H,18,20). The Bertz CT molecular complexity index is 802. The number of hydrogen-bond donors (Lipinski definition) is 1. The number of nitrogens with one attached hydrogen (secondary N) is 1. The van der Waals surface area contributed by atoms with Crippen molar-refractivity contribution >= 4 is 21.6 Å². The first-order chi connectivity index (χ1) is 10.8. The van der Waals surface area contributed by atoms with Crippen molar-refractivity contribution < 1.29 is 17.6 Å². The lowest BCUT2D eigenvalue weighted by Crippen LogP contribution is -2.22. The Morgan fingerprint density at radius 3 is 2.26 bits per heavy atom. The van der Waals surface area contributed by atoms with Crippen molar-refractivity contribution in [1.82, 2.24) is 4.31 Å². The molecule has 122 valence electrons. The summed E-state index contributed by atoms with van der Waals surface area (Å²) in [5.74, 6) is -0.883. The Labute approximate surface area is 134 Å². The van der Waals surface area contributed by atoms with Gasteiger partial charge in [0.15, 0.2) is 0 Å². The summed E-state index contributed by atoms with van der Waals surface area (Å²) in [6.45, 7) is 0. The van der Waals surface area contributed by atoms with E-state index in [2.05, 4.69) is 5.32 Å². The highest BCUT2D eigenvalue weighted by molar-refractivity contribution is 7.89. The molecule has 2 aromatic carbocycles. The van der Waals surface area contributed by atoms with Crippen molar-refractivity contribution in [3.05, 3.63) is 59.9 Å². The van der Waals surface area contributed by atoms with Gasteiger partial charge in [-0.3, -0.25) is 4.79 Å². The fourth-order valence-corrected chi connectivity index (χ4v) is 2.83. The number of para-hydroxylation sites is 1. The largest absolute Gasteiger partial charge is 0.323 e. The second-order valence-corrected chi connectivity index (χ2v) is 7.29. The zero-order valence-electron chi connectivity index (χ0n) is 12.8. The molecule has 0 heterocycles. The Hall–Kier alpha value is -2.25. The average Bonchev–Trinajstić information content (AvgIpc) is 2.50. The monoisotopic (exact) mass is 336 g/mol. The second-order valence-electron chi connectivity index (χ2n) is 5.14. The quantitative estimate of drug-likeness (QED) is 0.911. The number of halogens is 1. The molecule has 1 amide bonds. The molecule has 1 N–H and O–H groups in total. The highest BCUT2D eigenvalue weighted by Gasteiger charge is 2.17. The van der Waals surface area contributed by atoms with Gasteiger partial charge in [0.05, 0.1) is 17.0 Å². The summed E-state index contributed by atoms with van der Waals surface area (Å²) < 4.78 is 38.5. The number of benzene rings is 2. The van der Waals surface area contributed by atoms with Crippen molar-refractivity contribution in [2.24, 2.45) is 0 Å². The van der Waals surface area contributed by atoms with E-state index in [4.69, 9.17) is 0 Å². The molecule has 0 aliphatic heterocycles. The maximum Gasteiger partial charge on any atom is 0.242 e. The van der Waals surface area contributed by atoms with Gasteiger partial charge in [-0.25, -0.2) is 17.1 Å². The SMILES string of the molecule is CN(C)S(=O)(=O)c1ccc(CC(=O)Nc2ccccc2F)cc1. The van der Waals surface area contributed by atoms with Crippen LogP contribution in [0.4, 0.5) is 10.1 Å². The molecule has 0 spiro atoms. The predicted molar refractivity (Wildman–Crippen MR) is 86.0 cm³/mol. The van der Waals surface area contributed by atoms with Gasteiger partial charge in [-0.1, -0.05) is 24.3 Å². The van der Waals surface area contributed by atoms with Crippen LogP contribution in [0.25, 0.3) is 0 Å². The lowest BCUT2D eigenvalue weighted by molar-refractivity contribution is -0.115. The molecule has 0 atom stereocenters. The third-order valence-electron chi connectivity index (χ3n) is 3.21. The Morgan fingerprint density at radius 1 is 1.09 bits per heavy atom. The average molecular weight is 336 g/mol. The maximum absolute atomic E-state index is 13.5. The number of rotatable bonds is 5. The van der Waals surface area contributed by atoms with Gasteiger partial charge in [-0.05, 0) is 29.8 Å². The summed E-state index contributed by atoms with van der Waals surface area (Å²) in [6.07, 6.45) is 0.0244. The zero-order chi connectivity index (χ0) is 17.0. The van der Waals surface area contributed by atoms with Gasteiger partial charge in [0.25, 0.3) is 0 Å². The van der Waals surface area contributed by atoms with Crippen molar-refractivity contribution in [1.29, 1.82) is 0 Å². The molecule has 0 unspecified atom stereocenters. The van der Waals surface area contributed by atoms with E-state index in [1.165, 1.54) is 44.4 Å². The molecule has 23 heavy (non-hydrogen) atoms. The molecule has 2 rings (SSSR count). The topological polar surface area (TPSA) is 66.5 Å². The third-order valence-corrected chi connectivity index (χ3v) is 5.04. The van der Waals surface area contributed by atoms with Crippen LogP contribution in [0.1, 0.15) is 5.56 Å². The van der Waals surface area contributed by atoms with Crippen molar-refractivity contribution in [3.63, 3.8) is 0 Å². The van der Waals surface area contributed by atoms with E-state index in [0.29, 0.717) is 5.56 Å². The molecule has 2 aromatic rings. The van der Waals surface area contributed by atoms with Crippen LogP contribution in [0.3, 0.4) is 0 Å². The van der Waals surface area contributed by atoms with Gasteiger partial charge in [0, 0.05) is 14.1 Å². The van der Waals surface area contributed by atoms with E-state index >= 15 is 0 Å². The number of nitrogens with zero attached hydrogens (tertiary/aromatic N) is 1.